The Kier molecular flexibility index (Phi) is 6.50. The molecule has 0 radical (unpaired) electrons. The molecule has 0 atom stereocenters. The Morgan fingerprint density at radius 1 is 1.14 bits per heavy atom. The van der Waals surface area contributed by atoms with Gasteiger partial charge in [0.1, 0.15) is 4.88 Å². The molecule has 0 spiro atoms. The molecule has 29 heavy (non-hydrogen) atoms. The third kappa shape index (κ3) is 4.65. The van der Waals surface area contributed by atoms with Gasteiger partial charge in [0, 0.05) is 5.69 Å². The average molecular weight is 472 g/mol. The molecule has 0 fully saturated rings. The molecule has 0 bridgehead atoms. The number of carbonyl (C=O) groups is 2. The van der Waals surface area contributed by atoms with Crippen molar-refractivity contribution in [3.63, 3.8) is 0 Å². The average Bonchev–Trinajstić information content (AvgIpc) is 2.99. The molecule has 0 saturated heterocycles. The molecule has 0 amide bonds. The third-order valence-electron chi connectivity index (χ3n) is 3.64. The molecule has 1 N–H and O–H groups in total. The summed E-state index contributed by atoms with van der Waals surface area (Å²) in [6.07, 6.45) is -4.81. The van der Waals surface area contributed by atoms with Gasteiger partial charge >= 0.3 is 18.1 Å². The normalized spacial score (nSPS) is 11.8. The van der Waals surface area contributed by atoms with Crippen LogP contribution in [0.25, 0.3) is 0 Å². The van der Waals surface area contributed by atoms with Crippen LogP contribution in [0.5, 0.6) is 0 Å². The van der Waals surface area contributed by atoms with Crippen molar-refractivity contribution < 1.29 is 40.7 Å². The van der Waals surface area contributed by atoms with E-state index in [1.165, 1.54) is 6.92 Å². The molecule has 0 aliphatic carbocycles. The van der Waals surface area contributed by atoms with Crippen molar-refractivity contribution >= 4 is 50.6 Å². The lowest BCUT2D eigenvalue weighted by Gasteiger charge is -2.13. The maximum Gasteiger partial charge on any atom is 0.417 e. The number of esters is 2. The summed E-state index contributed by atoms with van der Waals surface area (Å²) in [5.74, 6) is -1.92. The zero-order valence-electron chi connectivity index (χ0n) is 15.0. The fraction of sp³-hybridized carbons (Fsp3) is 0.250. The zero-order chi connectivity index (χ0) is 22.1. The summed E-state index contributed by atoms with van der Waals surface area (Å²) in [4.78, 5) is 23.8. The number of thiophene rings is 1. The van der Waals surface area contributed by atoms with Gasteiger partial charge in [-0.2, -0.15) is 13.2 Å². The van der Waals surface area contributed by atoms with Gasteiger partial charge in [0.05, 0.1) is 30.4 Å². The quantitative estimate of drug-likeness (QED) is 0.659. The molecular weight excluding hydrogens is 459 g/mol. The number of halogens is 4. The first kappa shape index (κ1) is 23.0. The van der Waals surface area contributed by atoms with E-state index in [2.05, 4.69) is 9.47 Å². The fourth-order valence-electron chi connectivity index (χ4n) is 2.31. The predicted molar refractivity (Wildman–Crippen MR) is 99.0 cm³/mol. The Morgan fingerprint density at radius 3 is 2.24 bits per heavy atom. The highest BCUT2D eigenvalue weighted by Crippen LogP contribution is 2.38. The van der Waals surface area contributed by atoms with E-state index in [4.69, 9.17) is 11.6 Å². The highest BCUT2D eigenvalue weighted by atomic mass is 35.5. The largest absolute Gasteiger partial charge is 0.465 e. The second-order valence-electron chi connectivity index (χ2n) is 5.50. The van der Waals surface area contributed by atoms with Crippen molar-refractivity contribution in [3.8, 4) is 0 Å². The molecule has 0 aliphatic rings. The SMILES string of the molecule is COC(=O)c1sc(S(=O)(=O)Nc2ccc(Cl)c(C(F)(F)F)c2)c(C(=O)OC)c1C. The first-order chi connectivity index (χ1) is 13.3. The number of anilines is 1. The van der Waals surface area contributed by atoms with Crippen LogP contribution in [-0.2, 0) is 25.7 Å². The first-order valence-corrected chi connectivity index (χ1v) is 10.2. The van der Waals surface area contributed by atoms with E-state index in [0.29, 0.717) is 17.4 Å². The van der Waals surface area contributed by atoms with Gasteiger partial charge in [0.15, 0.2) is 4.21 Å². The summed E-state index contributed by atoms with van der Waals surface area (Å²) in [5, 5.41) is -0.615. The second kappa shape index (κ2) is 8.20. The molecule has 13 heteroatoms. The van der Waals surface area contributed by atoms with Gasteiger partial charge in [0.25, 0.3) is 10.0 Å². The van der Waals surface area contributed by atoms with Gasteiger partial charge in [-0.05, 0) is 30.7 Å². The number of methoxy groups -OCH3 is 2. The molecule has 1 aromatic carbocycles. The standard InChI is InChI=1S/C16H13ClF3NO6S2/c1-7-11(13(22)26-2)15(28-12(7)14(23)27-3)29(24,25)21-8-4-5-10(17)9(6-8)16(18,19)20/h4-6,21H,1-3H3. The Bertz CT molecular complexity index is 1080. The topological polar surface area (TPSA) is 98.8 Å². The lowest BCUT2D eigenvalue weighted by molar-refractivity contribution is -0.137. The molecule has 0 unspecified atom stereocenters. The Hall–Kier alpha value is -2.31. The number of alkyl halides is 3. The number of benzene rings is 1. The van der Waals surface area contributed by atoms with E-state index in [0.717, 1.165) is 26.4 Å². The molecule has 2 aromatic rings. The van der Waals surface area contributed by atoms with E-state index in [1.807, 2.05) is 4.72 Å². The van der Waals surface area contributed by atoms with Gasteiger partial charge in [-0.25, -0.2) is 18.0 Å². The van der Waals surface area contributed by atoms with E-state index in [-0.39, 0.29) is 10.4 Å². The van der Waals surface area contributed by atoms with E-state index >= 15 is 0 Å². The van der Waals surface area contributed by atoms with Crippen LogP contribution >= 0.6 is 22.9 Å². The van der Waals surface area contributed by atoms with Crippen molar-refractivity contribution in [2.75, 3.05) is 18.9 Å². The Labute approximate surface area is 172 Å². The maximum absolute atomic E-state index is 13.0. The summed E-state index contributed by atoms with van der Waals surface area (Å²) in [6.45, 7) is 1.32. The van der Waals surface area contributed by atoms with Crippen LogP contribution in [0.4, 0.5) is 18.9 Å². The number of sulfonamides is 1. The Morgan fingerprint density at radius 2 is 1.72 bits per heavy atom. The minimum Gasteiger partial charge on any atom is -0.465 e. The second-order valence-corrected chi connectivity index (χ2v) is 8.81. The third-order valence-corrected chi connectivity index (χ3v) is 7.14. The maximum atomic E-state index is 13.0. The van der Waals surface area contributed by atoms with Gasteiger partial charge < -0.3 is 9.47 Å². The van der Waals surface area contributed by atoms with Crippen molar-refractivity contribution in [1.29, 1.82) is 0 Å². The van der Waals surface area contributed by atoms with Crippen LogP contribution in [0.15, 0.2) is 22.4 Å². The molecule has 1 aromatic heterocycles. The summed E-state index contributed by atoms with van der Waals surface area (Å²) in [6, 6.07) is 2.41. The van der Waals surface area contributed by atoms with E-state index in [9.17, 15) is 31.2 Å². The lowest BCUT2D eigenvalue weighted by atomic mass is 10.2. The minimum absolute atomic E-state index is 0.00108. The van der Waals surface area contributed by atoms with Gasteiger partial charge in [-0.15, -0.1) is 11.3 Å². The first-order valence-electron chi connectivity index (χ1n) is 7.53. The summed E-state index contributed by atoms with van der Waals surface area (Å²) in [7, 11) is -2.49. The highest BCUT2D eigenvalue weighted by molar-refractivity contribution is 7.94. The van der Waals surface area contributed by atoms with Crippen LogP contribution < -0.4 is 4.72 Å². The summed E-state index contributed by atoms with van der Waals surface area (Å²) in [5.41, 5.74) is -2.11. The molecule has 2 rings (SSSR count). The smallest absolute Gasteiger partial charge is 0.417 e. The van der Waals surface area contributed by atoms with Crippen LogP contribution in [0.2, 0.25) is 5.02 Å². The van der Waals surface area contributed by atoms with Crippen molar-refractivity contribution in [3.05, 3.63) is 44.8 Å². The van der Waals surface area contributed by atoms with Crippen molar-refractivity contribution in [2.45, 2.75) is 17.3 Å². The van der Waals surface area contributed by atoms with Crippen LogP contribution in [0.3, 0.4) is 0 Å². The molecule has 158 valence electrons. The summed E-state index contributed by atoms with van der Waals surface area (Å²) < 4.78 is 75.1. The molecule has 0 aliphatic heterocycles. The number of hydrogen-bond acceptors (Lipinski definition) is 7. The van der Waals surface area contributed by atoms with Crippen molar-refractivity contribution in [1.82, 2.24) is 0 Å². The minimum atomic E-state index is -4.81. The van der Waals surface area contributed by atoms with E-state index < -0.39 is 54.2 Å². The molecule has 1 heterocycles. The van der Waals surface area contributed by atoms with E-state index in [1.54, 1.807) is 0 Å². The highest BCUT2D eigenvalue weighted by Gasteiger charge is 2.35. The number of nitrogens with one attached hydrogen (secondary N) is 1. The summed E-state index contributed by atoms with van der Waals surface area (Å²) >= 11 is 5.95. The monoisotopic (exact) mass is 471 g/mol. The van der Waals surface area contributed by atoms with Gasteiger partial charge in [-0.1, -0.05) is 11.6 Å². The fourth-order valence-corrected chi connectivity index (χ4v) is 5.33. The molecular formula is C16H13ClF3NO6S2. The molecule has 7 nitrogen and oxygen atoms in total. The van der Waals surface area contributed by atoms with Crippen LogP contribution in [0.1, 0.15) is 31.2 Å². The lowest BCUT2D eigenvalue weighted by Crippen LogP contribution is -2.16. The van der Waals surface area contributed by atoms with Crippen LogP contribution in [-0.4, -0.2) is 34.6 Å². The number of ether oxygens (including phenoxy) is 2. The van der Waals surface area contributed by atoms with Gasteiger partial charge in [-0.3, -0.25) is 4.72 Å². The van der Waals surface area contributed by atoms with Crippen LogP contribution in [0, 0.1) is 6.92 Å². The zero-order valence-corrected chi connectivity index (χ0v) is 17.4. The van der Waals surface area contributed by atoms with Gasteiger partial charge in [0.2, 0.25) is 0 Å². The Balaban J connectivity index is 2.60. The number of hydrogen-bond donors (Lipinski definition) is 1. The number of rotatable bonds is 5. The molecule has 0 saturated carbocycles. The number of carbonyl (C=O) groups excluding carboxylic acids is 2. The van der Waals surface area contributed by atoms with Crippen molar-refractivity contribution in [2.24, 2.45) is 0 Å². The predicted octanol–water partition coefficient (Wildman–Crippen LogP) is 4.10.